The molecule has 0 radical (unpaired) electrons. The molecule has 0 saturated carbocycles. The Labute approximate surface area is 249 Å². The number of carboxylic acids is 1. The number of carbonyl (C=O) groups excluding carboxylic acids is 1. The van der Waals surface area contributed by atoms with Crippen LogP contribution in [0.4, 0.5) is 0 Å². The normalized spacial score (nSPS) is 15.0. The van der Waals surface area contributed by atoms with Gasteiger partial charge in [0, 0.05) is 29.4 Å². The highest BCUT2D eigenvalue weighted by Gasteiger charge is 2.35. The van der Waals surface area contributed by atoms with Gasteiger partial charge >= 0.3 is 5.97 Å². The van der Waals surface area contributed by atoms with Crippen LogP contribution < -0.4 is 0 Å². The first-order valence-electron chi connectivity index (χ1n) is 13.7. The molecule has 212 valence electrons. The number of amidine groups is 1. The second-order valence-corrected chi connectivity index (χ2v) is 10.9. The number of halogens is 1. The van der Waals surface area contributed by atoms with Crippen LogP contribution in [-0.2, 0) is 17.8 Å². The van der Waals surface area contributed by atoms with E-state index in [9.17, 15) is 14.7 Å². The molecule has 11 heteroatoms. The molecule has 3 aromatic carbocycles. The molecule has 3 heterocycles. The number of fused-ring (bicyclic) bond motifs is 1. The van der Waals surface area contributed by atoms with Gasteiger partial charge in [0.15, 0.2) is 0 Å². The summed E-state index contributed by atoms with van der Waals surface area (Å²) in [6.45, 7) is 2.45. The van der Waals surface area contributed by atoms with Crippen LogP contribution in [0.1, 0.15) is 47.7 Å². The molecule has 2 aromatic heterocycles. The summed E-state index contributed by atoms with van der Waals surface area (Å²) in [6, 6.07) is 19.7. The summed E-state index contributed by atoms with van der Waals surface area (Å²) in [7, 11) is 0. The molecule has 42 heavy (non-hydrogen) atoms. The maximum absolute atomic E-state index is 13.7. The lowest BCUT2D eigenvalue weighted by molar-refractivity contribution is -0.127. The number of hydrogen-bond acceptors (Lipinski definition) is 7. The maximum Gasteiger partial charge on any atom is 0.335 e. The molecule has 0 aliphatic carbocycles. The molecular formula is C31H27BrN6O4. The van der Waals surface area contributed by atoms with Crippen molar-refractivity contribution in [1.29, 1.82) is 0 Å². The van der Waals surface area contributed by atoms with Crippen LogP contribution in [0.15, 0.2) is 80.6 Å². The number of benzene rings is 3. The van der Waals surface area contributed by atoms with Crippen LogP contribution in [0.25, 0.3) is 33.7 Å². The van der Waals surface area contributed by atoms with Crippen molar-refractivity contribution in [3.05, 3.63) is 87.9 Å². The van der Waals surface area contributed by atoms with Crippen LogP contribution in [0, 0.1) is 0 Å². The van der Waals surface area contributed by atoms with Gasteiger partial charge in [0.1, 0.15) is 23.2 Å². The number of hydrogen-bond donors (Lipinski definition) is 2. The van der Waals surface area contributed by atoms with Crippen LogP contribution in [0.3, 0.4) is 0 Å². The van der Waals surface area contributed by atoms with Gasteiger partial charge < -0.3 is 9.52 Å². The standard InChI is InChI=1S/C31H27BrN6O4/c1-2-3-12-26-33-24(16-19-8-4-5-9-20(19)31(40)41)30(39)38(26)17-18-13-14-25-23(15-18)27(32)28(42-25)21-10-6-7-11-22(21)29-34-36-37-35-29/h4-11,13-15,24H,2-3,12,16-17H2,1H3,(H,40,41)(H,34,35,36,37). The van der Waals surface area contributed by atoms with E-state index >= 15 is 0 Å². The molecule has 5 aromatic rings. The first-order valence-corrected chi connectivity index (χ1v) is 14.5. The number of carboxylic acid groups (broad SMARTS) is 1. The number of aromatic carboxylic acids is 1. The van der Waals surface area contributed by atoms with Crippen molar-refractivity contribution in [3.8, 4) is 22.7 Å². The number of amides is 1. The molecule has 10 nitrogen and oxygen atoms in total. The van der Waals surface area contributed by atoms with Crippen molar-refractivity contribution in [2.24, 2.45) is 4.99 Å². The fourth-order valence-corrected chi connectivity index (χ4v) is 5.89. The number of tetrazole rings is 1. The van der Waals surface area contributed by atoms with Crippen LogP contribution in [-0.4, -0.2) is 54.4 Å². The Hall–Kier alpha value is -4.64. The van der Waals surface area contributed by atoms with E-state index in [0.717, 1.165) is 45.2 Å². The Morgan fingerprint density at radius 1 is 1.10 bits per heavy atom. The number of aliphatic imine (C=N–C) groups is 1. The molecule has 0 saturated heterocycles. The summed E-state index contributed by atoms with van der Waals surface area (Å²) in [5.41, 5.74) is 4.01. The molecule has 0 fully saturated rings. The number of carbonyl (C=O) groups is 2. The number of H-pyrrole nitrogens is 1. The first-order chi connectivity index (χ1) is 20.4. The Balaban J connectivity index is 1.30. The van der Waals surface area contributed by atoms with Gasteiger partial charge in [-0.3, -0.25) is 14.7 Å². The third kappa shape index (κ3) is 5.23. The van der Waals surface area contributed by atoms with E-state index in [2.05, 4.69) is 43.5 Å². The van der Waals surface area contributed by atoms with Gasteiger partial charge in [-0.1, -0.05) is 61.9 Å². The lowest BCUT2D eigenvalue weighted by Crippen LogP contribution is -2.35. The summed E-state index contributed by atoms with van der Waals surface area (Å²) in [6.07, 6.45) is 2.78. The highest BCUT2D eigenvalue weighted by atomic mass is 79.9. The zero-order chi connectivity index (χ0) is 29.2. The van der Waals surface area contributed by atoms with Gasteiger partial charge in [0.2, 0.25) is 5.82 Å². The lowest BCUT2D eigenvalue weighted by Gasteiger charge is -2.20. The van der Waals surface area contributed by atoms with E-state index < -0.39 is 12.0 Å². The monoisotopic (exact) mass is 626 g/mol. The fourth-order valence-electron chi connectivity index (χ4n) is 5.28. The quantitative estimate of drug-likeness (QED) is 0.186. The van der Waals surface area contributed by atoms with Crippen molar-refractivity contribution < 1.29 is 19.1 Å². The van der Waals surface area contributed by atoms with Crippen molar-refractivity contribution >= 4 is 44.6 Å². The van der Waals surface area contributed by atoms with Crippen molar-refractivity contribution in [2.45, 2.75) is 45.2 Å². The molecule has 1 aliphatic rings. The molecule has 6 rings (SSSR count). The smallest absolute Gasteiger partial charge is 0.335 e. The van der Waals surface area contributed by atoms with Gasteiger partial charge in [-0.15, -0.1) is 10.2 Å². The summed E-state index contributed by atoms with van der Waals surface area (Å²) in [4.78, 5) is 31.9. The third-order valence-corrected chi connectivity index (χ3v) is 8.16. The minimum Gasteiger partial charge on any atom is -0.478 e. The molecule has 1 amide bonds. The van der Waals surface area contributed by atoms with Gasteiger partial charge in [-0.2, -0.15) is 5.21 Å². The molecule has 1 atom stereocenters. The number of rotatable bonds is 10. The van der Waals surface area contributed by atoms with Crippen molar-refractivity contribution in [3.63, 3.8) is 0 Å². The Morgan fingerprint density at radius 2 is 1.88 bits per heavy atom. The Morgan fingerprint density at radius 3 is 2.64 bits per heavy atom. The highest BCUT2D eigenvalue weighted by Crippen LogP contribution is 2.41. The van der Waals surface area contributed by atoms with Crippen molar-refractivity contribution in [2.75, 3.05) is 0 Å². The second kappa shape index (κ2) is 11.7. The van der Waals surface area contributed by atoms with E-state index in [0.29, 0.717) is 35.7 Å². The summed E-state index contributed by atoms with van der Waals surface area (Å²) >= 11 is 3.75. The van der Waals surface area contributed by atoms with Crippen LogP contribution in [0.5, 0.6) is 0 Å². The number of aromatic amines is 1. The number of unbranched alkanes of at least 4 members (excludes halogenated alkanes) is 1. The van der Waals surface area contributed by atoms with Crippen molar-refractivity contribution in [1.82, 2.24) is 25.5 Å². The zero-order valence-corrected chi connectivity index (χ0v) is 24.3. The first kappa shape index (κ1) is 27.5. The molecular weight excluding hydrogens is 600 g/mol. The topological polar surface area (TPSA) is 138 Å². The van der Waals surface area contributed by atoms with Gasteiger partial charge in [0.05, 0.1) is 16.6 Å². The predicted octanol–water partition coefficient (Wildman–Crippen LogP) is 6.28. The highest BCUT2D eigenvalue weighted by molar-refractivity contribution is 9.10. The summed E-state index contributed by atoms with van der Waals surface area (Å²) in [5, 5.41) is 24.9. The Kier molecular flexibility index (Phi) is 7.66. The molecule has 0 spiro atoms. The zero-order valence-electron chi connectivity index (χ0n) is 22.7. The third-order valence-electron chi connectivity index (χ3n) is 7.37. The largest absolute Gasteiger partial charge is 0.478 e. The minimum atomic E-state index is -1.01. The molecule has 0 bridgehead atoms. The minimum absolute atomic E-state index is 0.123. The van der Waals surface area contributed by atoms with Gasteiger partial charge in [-0.05, 0) is 56.9 Å². The van der Waals surface area contributed by atoms with E-state index in [4.69, 9.17) is 9.41 Å². The van der Waals surface area contributed by atoms with E-state index in [1.54, 1.807) is 29.2 Å². The predicted molar refractivity (Wildman–Crippen MR) is 161 cm³/mol. The fraction of sp³-hybridized carbons (Fsp3) is 0.226. The molecule has 2 N–H and O–H groups in total. The van der Waals surface area contributed by atoms with Crippen LogP contribution in [0.2, 0.25) is 0 Å². The number of furan rings is 1. The average Bonchev–Trinajstić information content (AvgIpc) is 3.72. The lowest BCUT2D eigenvalue weighted by atomic mass is 10.00. The maximum atomic E-state index is 13.7. The SMILES string of the molecule is CCCCC1=NC(Cc2ccccc2C(=O)O)C(=O)N1Cc1ccc2oc(-c3ccccc3-c3nn[nH]n3)c(Br)c2c1. The molecule has 1 aliphatic heterocycles. The summed E-state index contributed by atoms with van der Waals surface area (Å²) < 4.78 is 7.06. The Bertz CT molecular complexity index is 1810. The van der Waals surface area contributed by atoms with Gasteiger partial charge in [-0.25, -0.2) is 4.79 Å². The van der Waals surface area contributed by atoms with E-state index in [1.165, 1.54) is 0 Å². The average molecular weight is 627 g/mol. The number of nitrogens with one attached hydrogen (secondary N) is 1. The number of aromatic nitrogens is 4. The summed E-state index contributed by atoms with van der Waals surface area (Å²) in [5.74, 6) is 0.706. The number of nitrogens with zero attached hydrogens (tertiary/aromatic N) is 5. The van der Waals surface area contributed by atoms with E-state index in [1.807, 2.05) is 42.5 Å². The molecule has 1 unspecified atom stereocenters. The van der Waals surface area contributed by atoms with Crippen LogP contribution >= 0.6 is 15.9 Å². The van der Waals surface area contributed by atoms with Gasteiger partial charge in [0.25, 0.3) is 5.91 Å². The second-order valence-electron chi connectivity index (χ2n) is 10.1. The van der Waals surface area contributed by atoms with E-state index in [-0.39, 0.29) is 17.9 Å².